The molecule has 0 aromatic rings. The van der Waals surface area contributed by atoms with Crippen molar-refractivity contribution in [2.45, 2.75) is 80.8 Å². The average molecular weight is 242 g/mol. The zero-order valence-electron chi connectivity index (χ0n) is 13.3. The van der Waals surface area contributed by atoms with Crippen LogP contribution in [-0.2, 0) is 0 Å². The summed E-state index contributed by atoms with van der Waals surface area (Å²) < 4.78 is 0. The van der Waals surface area contributed by atoms with Crippen LogP contribution in [0.25, 0.3) is 0 Å². The highest BCUT2D eigenvalue weighted by atomic mass is 16.3. The molecule has 104 valence electrons. The standard InChI is InChI=1S/C16H34O/c1-12(9-10-15(3,4)5)11-14(13(2)17)16(6,7)8/h12-14,17H,9-11H2,1-8H3. The second kappa shape index (κ2) is 6.22. The van der Waals surface area contributed by atoms with Crippen LogP contribution in [0, 0.1) is 22.7 Å². The monoisotopic (exact) mass is 242 g/mol. The molecule has 17 heavy (non-hydrogen) atoms. The third-order valence-electron chi connectivity index (χ3n) is 3.74. The first kappa shape index (κ1) is 17.0. The molecule has 0 aromatic carbocycles. The maximum absolute atomic E-state index is 9.92. The van der Waals surface area contributed by atoms with Crippen LogP contribution in [-0.4, -0.2) is 11.2 Å². The van der Waals surface area contributed by atoms with Gasteiger partial charge in [0.05, 0.1) is 6.10 Å². The van der Waals surface area contributed by atoms with Gasteiger partial charge in [-0.3, -0.25) is 0 Å². The van der Waals surface area contributed by atoms with Gasteiger partial charge in [0.2, 0.25) is 0 Å². The van der Waals surface area contributed by atoms with E-state index in [0.717, 1.165) is 6.42 Å². The summed E-state index contributed by atoms with van der Waals surface area (Å²) in [6, 6.07) is 0. The summed E-state index contributed by atoms with van der Waals surface area (Å²) in [6.45, 7) is 17.9. The Balaban J connectivity index is 4.28. The summed E-state index contributed by atoms with van der Waals surface area (Å²) in [4.78, 5) is 0. The molecule has 3 atom stereocenters. The van der Waals surface area contributed by atoms with Crippen molar-refractivity contribution in [2.75, 3.05) is 0 Å². The first-order valence-electron chi connectivity index (χ1n) is 7.11. The molecule has 0 fully saturated rings. The van der Waals surface area contributed by atoms with Crippen LogP contribution in [0.4, 0.5) is 0 Å². The zero-order valence-corrected chi connectivity index (χ0v) is 13.3. The first-order valence-corrected chi connectivity index (χ1v) is 7.11. The topological polar surface area (TPSA) is 20.2 Å². The van der Waals surface area contributed by atoms with Crippen LogP contribution >= 0.6 is 0 Å². The highest BCUT2D eigenvalue weighted by molar-refractivity contribution is 4.80. The Morgan fingerprint density at radius 3 is 1.71 bits per heavy atom. The van der Waals surface area contributed by atoms with Crippen molar-refractivity contribution in [2.24, 2.45) is 22.7 Å². The lowest BCUT2D eigenvalue weighted by Crippen LogP contribution is -2.32. The normalized spacial score (nSPS) is 18.9. The van der Waals surface area contributed by atoms with Crippen molar-refractivity contribution in [3.8, 4) is 0 Å². The maximum atomic E-state index is 9.92. The van der Waals surface area contributed by atoms with Gasteiger partial charge in [-0.05, 0) is 42.4 Å². The predicted octanol–water partition coefficient (Wildman–Crippen LogP) is 4.88. The van der Waals surface area contributed by atoms with Gasteiger partial charge in [-0.25, -0.2) is 0 Å². The second-order valence-corrected chi connectivity index (χ2v) is 8.15. The van der Waals surface area contributed by atoms with Crippen molar-refractivity contribution in [1.29, 1.82) is 0 Å². The van der Waals surface area contributed by atoms with E-state index in [9.17, 15) is 5.11 Å². The summed E-state index contributed by atoms with van der Waals surface area (Å²) in [7, 11) is 0. The Hall–Kier alpha value is -0.0400. The molecule has 3 unspecified atom stereocenters. The number of aliphatic hydroxyl groups excluding tert-OH is 1. The van der Waals surface area contributed by atoms with Gasteiger partial charge in [0.15, 0.2) is 0 Å². The van der Waals surface area contributed by atoms with Gasteiger partial charge < -0.3 is 5.11 Å². The van der Waals surface area contributed by atoms with Crippen LogP contribution in [0.15, 0.2) is 0 Å². The lowest BCUT2D eigenvalue weighted by molar-refractivity contribution is 0.0388. The number of hydrogen-bond acceptors (Lipinski definition) is 1. The minimum absolute atomic E-state index is 0.199. The SMILES string of the molecule is CC(CCC(C)(C)C)CC(C(C)O)C(C)(C)C. The minimum Gasteiger partial charge on any atom is -0.393 e. The number of rotatable bonds is 5. The van der Waals surface area contributed by atoms with Crippen LogP contribution in [0.5, 0.6) is 0 Å². The van der Waals surface area contributed by atoms with E-state index < -0.39 is 0 Å². The van der Waals surface area contributed by atoms with Gasteiger partial charge in [-0.1, -0.05) is 54.9 Å². The third-order valence-corrected chi connectivity index (χ3v) is 3.74. The van der Waals surface area contributed by atoms with Gasteiger partial charge in [0.25, 0.3) is 0 Å². The Kier molecular flexibility index (Phi) is 6.21. The minimum atomic E-state index is -0.202. The lowest BCUT2D eigenvalue weighted by atomic mass is 9.72. The Morgan fingerprint density at radius 2 is 1.41 bits per heavy atom. The molecule has 0 radical (unpaired) electrons. The summed E-state index contributed by atoms with van der Waals surface area (Å²) in [5.74, 6) is 1.10. The van der Waals surface area contributed by atoms with Gasteiger partial charge in [-0.15, -0.1) is 0 Å². The fourth-order valence-electron chi connectivity index (χ4n) is 2.50. The molecule has 0 aliphatic carbocycles. The highest BCUT2D eigenvalue weighted by Gasteiger charge is 2.30. The van der Waals surface area contributed by atoms with E-state index in [0.29, 0.717) is 17.3 Å². The molecule has 0 saturated carbocycles. The molecule has 0 aliphatic rings. The van der Waals surface area contributed by atoms with Gasteiger partial charge in [0, 0.05) is 0 Å². The van der Waals surface area contributed by atoms with Crippen molar-refractivity contribution < 1.29 is 5.11 Å². The quantitative estimate of drug-likeness (QED) is 0.728. The van der Waals surface area contributed by atoms with Gasteiger partial charge >= 0.3 is 0 Å². The molecule has 0 amide bonds. The summed E-state index contributed by atoms with van der Waals surface area (Å²) in [5.41, 5.74) is 0.625. The van der Waals surface area contributed by atoms with Crippen molar-refractivity contribution >= 4 is 0 Å². The van der Waals surface area contributed by atoms with Crippen LogP contribution < -0.4 is 0 Å². The van der Waals surface area contributed by atoms with E-state index >= 15 is 0 Å². The van der Waals surface area contributed by atoms with Crippen LogP contribution in [0.1, 0.15) is 74.7 Å². The van der Waals surface area contributed by atoms with Crippen molar-refractivity contribution in [3.63, 3.8) is 0 Å². The second-order valence-electron chi connectivity index (χ2n) is 8.15. The van der Waals surface area contributed by atoms with Crippen molar-refractivity contribution in [1.82, 2.24) is 0 Å². The molecule has 0 aromatic heterocycles. The van der Waals surface area contributed by atoms with Crippen LogP contribution in [0.3, 0.4) is 0 Å². The molecule has 0 spiro atoms. The fraction of sp³-hybridized carbons (Fsp3) is 1.00. The van der Waals surface area contributed by atoms with Crippen LogP contribution in [0.2, 0.25) is 0 Å². The fourth-order valence-corrected chi connectivity index (χ4v) is 2.50. The molecule has 0 bridgehead atoms. The van der Waals surface area contributed by atoms with Crippen molar-refractivity contribution in [3.05, 3.63) is 0 Å². The smallest absolute Gasteiger partial charge is 0.0545 e. The molecule has 1 nitrogen and oxygen atoms in total. The largest absolute Gasteiger partial charge is 0.393 e. The zero-order chi connectivity index (χ0) is 13.9. The maximum Gasteiger partial charge on any atom is 0.0545 e. The van der Waals surface area contributed by atoms with E-state index in [1.165, 1.54) is 12.8 Å². The average Bonchev–Trinajstić information content (AvgIpc) is 2.07. The van der Waals surface area contributed by atoms with Gasteiger partial charge in [0.1, 0.15) is 0 Å². The molecule has 1 N–H and O–H groups in total. The van der Waals surface area contributed by atoms with E-state index in [2.05, 4.69) is 48.5 Å². The van der Waals surface area contributed by atoms with E-state index in [1.54, 1.807) is 0 Å². The van der Waals surface area contributed by atoms with E-state index in [-0.39, 0.29) is 11.5 Å². The van der Waals surface area contributed by atoms with Gasteiger partial charge in [-0.2, -0.15) is 0 Å². The molecule has 1 heteroatoms. The molecule has 0 aliphatic heterocycles. The summed E-state index contributed by atoms with van der Waals surface area (Å²) in [5, 5.41) is 9.92. The predicted molar refractivity (Wildman–Crippen MR) is 77.1 cm³/mol. The Labute approximate surface area is 109 Å². The number of aliphatic hydroxyl groups is 1. The number of hydrogen-bond donors (Lipinski definition) is 1. The van der Waals surface area contributed by atoms with E-state index in [4.69, 9.17) is 0 Å². The Morgan fingerprint density at radius 1 is 0.941 bits per heavy atom. The summed E-state index contributed by atoms with van der Waals surface area (Å²) >= 11 is 0. The lowest BCUT2D eigenvalue weighted by Gasteiger charge is -2.35. The third kappa shape index (κ3) is 7.81. The summed E-state index contributed by atoms with van der Waals surface area (Å²) in [6.07, 6.45) is 3.47. The Bertz CT molecular complexity index is 205. The molecular weight excluding hydrogens is 208 g/mol. The molecule has 0 heterocycles. The van der Waals surface area contributed by atoms with E-state index in [1.807, 2.05) is 6.92 Å². The molecule has 0 saturated heterocycles. The highest BCUT2D eigenvalue weighted by Crippen LogP contribution is 2.36. The first-order chi connectivity index (χ1) is 7.43. The molecular formula is C16H34O. The molecule has 0 rings (SSSR count).